The van der Waals surface area contributed by atoms with E-state index >= 15 is 0 Å². The fraction of sp³-hybridized carbons (Fsp3) is 0.714. The van der Waals surface area contributed by atoms with Gasteiger partial charge in [0.15, 0.2) is 0 Å². The third-order valence-electron chi connectivity index (χ3n) is 5.56. The molecule has 1 aromatic rings. The zero-order valence-corrected chi connectivity index (χ0v) is 16.5. The van der Waals surface area contributed by atoms with Gasteiger partial charge >= 0.3 is 0 Å². The second-order valence-corrected chi connectivity index (χ2v) is 7.66. The first-order chi connectivity index (χ1) is 13.5. The molecule has 1 aromatic carbocycles. The summed E-state index contributed by atoms with van der Waals surface area (Å²) in [4.78, 5) is 0. The van der Waals surface area contributed by atoms with E-state index in [1.807, 2.05) is 37.3 Å². The first kappa shape index (κ1) is 21.6. The average molecular weight is 396 g/mol. The Morgan fingerprint density at radius 3 is 2.14 bits per heavy atom. The highest BCUT2D eigenvalue weighted by Gasteiger charge is 2.43. The molecule has 2 aliphatic heterocycles. The number of rotatable bonds is 9. The summed E-state index contributed by atoms with van der Waals surface area (Å²) in [5.41, 5.74) is 1.05. The van der Waals surface area contributed by atoms with E-state index in [1.54, 1.807) is 6.92 Å². The Hall–Kier alpha value is -1.06. The fourth-order valence-electron chi connectivity index (χ4n) is 3.90. The molecule has 8 unspecified atom stereocenters. The maximum absolute atomic E-state index is 10.4. The van der Waals surface area contributed by atoms with Gasteiger partial charge in [-0.05, 0) is 32.3 Å². The minimum absolute atomic E-state index is 0.184. The lowest BCUT2D eigenvalue weighted by Crippen LogP contribution is -2.37. The molecular formula is C21H32O7. The van der Waals surface area contributed by atoms with Gasteiger partial charge in [-0.1, -0.05) is 30.3 Å². The van der Waals surface area contributed by atoms with E-state index in [0.717, 1.165) is 5.56 Å². The zero-order valence-electron chi connectivity index (χ0n) is 16.5. The molecule has 2 saturated heterocycles. The summed E-state index contributed by atoms with van der Waals surface area (Å²) in [6.07, 6.45) is -2.33. The number of hydrogen-bond acceptors (Lipinski definition) is 7. The van der Waals surface area contributed by atoms with Gasteiger partial charge in [0.05, 0.1) is 31.5 Å². The molecule has 7 heteroatoms. The van der Waals surface area contributed by atoms with Gasteiger partial charge in [-0.3, -0.25) is 0 Å². The monoisotopic (exact) mass is 396 g/mol. The number of ether oxygens (including phenoxy) is 4. The third kappa shape index (κ3) is 5.10. The summed E-state index contributed by atoms with van der Waals surface area (Å²) < 4.78 is 23.1. The topological polar surface area (TPSA) is 97.6 Å². The highest BCUT2D eigenvalue weighted by atomic mass is 16.6. The molecule has 0 aromatic heterocycles. The molecule has 3 rings (SSSR count). The van der Waals surface area contributed by atoms with Crippen molar-refractivity contribution in [3.05, 3.63) is 35.9 Å². The highest BCUT2D eigenvalue weighted by molar-refractivity contribution is 5.13. The van der Waals surface area contributed by atoms with Crippen molar-refractivity contribution in [2.24, 2.45) is 0 Å². The Balaban J connectivity index is 1.45. The van der Waals surface area contributed by atoms with Crippen molar-refractivity contribution in [2.45, 2.75) is 82.1 Å². The van der Waals surface area contributed by atoms with Crippen LogP contribution in [0.3, 0.4) is 0 Å². The molecule has 0 radical (unpaired) electrons. The number of benzene rings is 1. The lowest BCUT2D eigenvalue weighted by Gasteiger charge is -2.22. The van der Waals surface area contributed by atoms with Crippen LogP contribution in [0.2, 0.25) is 0 Å². The van der Waals surface area contributed by atoms with Gasteiger partial charge in [-0.25, -0.2) is 0 Å². The van der Waals surface area contributed by atoms with Gasteiger partial charge in [0.25, 0.3) is 0 Å². The Morgan fingerprint density at radius 2 is 1.50 bits per heavy atom. The summed E-state index contributed by atoms with van der Waals surface area (Å²) in [6, 6.07) is 9.85. The maximum Gasteiger partial charge on any atom is 0.114 e. The van der Waals surface area contributed by atoms with Gasteiger partial charge < -0.3 is 34.3 Å². The number of aliphatic hydroxyl groups is 3. The van der Waals surface area contributed by atoms with Crippen molar-refractivity contribution in [2.75, 3.05) is 13.2 Å². The zero-order chi connectivity index (χ0) is 20.1. The van der Waals surface area contributed by atoms with Gasteiger partial charge in [-0.2, -0.15) is 0 Å². The van der Waals surface area contributed by atoms with E-state index in [1.165, 1.54) is 0 Å². The van der Waals surface area contributed by atoms with Crippen LogP contribution in [-0.4, -0.2) is 77.4 Å². The van der Waals surface area contributed by atoms with Gasteiger partial charge in [0, 0.05) is 6.61 Å². The normalized spacial score (nSPS) is 38.2. The number of hydrogen-bond donors (Lipinski definition) is 3. The van der Waals surface area contributed by atoms with Crippen molar-refractivity contribution in [1.82, 2.24) is 0 Å². The highest BCUT2D eigenvalue weighted by Crippen LogP contribution is 2.28. The largest absolute Gasteiger partial charge is 0.394 e. The van der Waals surface area contributed by atoms with Crippen LogP contribution in [0, 0.1) is 0 Å². The van der Waals surface area contributed by atoms with Crippen LogP contribution in [0.5, 0.6) is 0 Å². The molecule has 2 fully saturated rings. The van der Waals surface area contributed by atoms with Gasteiger partial charge in [0.2, 0.25) is 0 Å². The molecule has 28 heavy (non-hydrogen) atoms. The van der Waals surface area contributed by atoms with E-state index in [0.29, 0.717) is 26.1 Å². The standard InChI is InChI=1S/C21H32O7/c1-13-18(23)20(26-12-15-7-4-3-5-8-15)16(27-13)9-6-10-25-21-17(11-22)28-14(2)19(21)24/h3-5,7-8,13-14,16-24H,6,9-12H2,1-2H3. The van der Waals surface area contributed by atoms with E-state index in [4.69, 9.17) is 18.9 Å². The van der Waals surface area contributed by atoms with E-state index < -0.39 is 24.4 Å². The van der Waals surface area contributed by atoms with Crippen LogP contribution in [-0.2, 0) is 25.6 Å². The quantitative estimate of drug-likeness (QED) is 0.536. The Kier molecular flexibility index (Phi) is 7.82. The average Bonchev–Trinajstić information content (AvgIpc) is 3.13. The maximum atomic E-state index is 10.4. The van der Waals surface area contributed by atoms with Crippen molar-refractivity contribution in [3.8, 4) is 0 Å². The summed E-state index contributed by atoms with van der Waals surface area (Å²) in [6.45, 7) is 4.26. The Labute approximate surface area is 166 Å². The molecule has 0 spiro atoms. The molecule has 3 N–H and O–H groups in total. The molecule has 2 aliphatic rings. The van der Waals surface area contributed by atoms with Crippen LogP contribution in [0.4, 0.5) is 0 Å². The molecule has 158 valence electrons. The second-order valence-electron chi connectivity index (χ2n) is 7.66. The minimum atomic E-state index is -0.747. The Morgan fingerprint density at radius 1 is 0.893 bits per heavy atom. The third-order valence-corrected chi connectivity index (χ3v) is 5.56. The van der Waals surface area contributed by atoms with Crippen molar-refractivity contribution >= 4 is 0 Å². The van der Waals surface area contributed by atoms with E-state index in [2.05, 4.69) is 0 Å². The SMILES string of the molecule is CC1OC(CO)C(OCCCC2OC(C)C(O)C2OCc2ccccc2)C1O. The van der Waals surface area contributed by atoms with Crippen LogP contribution in [0.1, 0.15) is 32.3 Å². The molecule has 2 heterocycles. The first-order valence-electron chi connectivity index (χ1n) is 10.1. The van der Waals surface area contributed by atoms with Crippen molar-refractivity contribution in [1.29, 1.82) is 0 Å². The molecule has 8 atom stereocenters. The van der Waals surface area contributed by atoms with E-state index in [9.17, 15) is 15.3 Å². The van der Waals surface area contributed by atoms with Crippen molar-refractivity contribution < 1.29 is 34.3 Å². The van der Waals surface area contributed by atoms with Crippen molar-refractivity contribution in [3.63, 3.8) is 0 Å². The molecule has 0 saturated carbocycles. The van der Waals surface area contributed by atoms with Crippen LogP contribution in [0.15, 0.2) is 30.3 Å². The number of aliphatic hydroxyl groups excluding tert-OH is 3. The minimum Gasteiger partial charge on any atom is -0.394 e. The molecule has 0 bridgehead atoms. The summed E-state index contributed by atoms with van der Waals surface area (Å²) in [7, 11) is 0. The Bertz CT molecular complexity index is 583. The molecule has 7 nitrogen and oxygen atoms in total. The predicted octanol–water partition coefficient (Wildman–Crippen LogP) is 1.03. The molecule has 0 amide bonds. The lowest BCUT2D eigenvalue weighted by atomic mass is 10.0. The van der Waals surface area contributed by atoms with Gasteiger partial charge in [0.1, 0.15) is 30.5 Å². The smallest absolute Gasteiger partial charge is 0.114 e. The van der Waals surface area contributed by atoms with E-state index in [-0.39, 0.29) is 31.0 Å². The summed E-state index contributed by atoms with van der Waals surface area (Å²) in [5, 5.41) is 29.9. The van der Waals surface area contributed by atoms with Crippen LogP contribution in [0.25, 0.3) is 0 Å². The predicted molar refractivity (Wildman–Crippen MR) is 102 cm³/mol. The molecular weight excluding hydrogens is 364 g/mol. The second kappa shape index (κ2) is 10.1. The first-order valence-corrected chi connectivity index (χ1v) is 10.1. The van der Waals surface area contributed by atoms with Crippen LogP contribution < -0.4 is 0 Å². The summed E-state index contributed by atoms with van der Waals surface area (Å²) in [5.74, 6) is 0. The molecule has 0 aliphatic carbocycles. The lowest BCUT2D eigenvalue weighted by molar-refractivity contribution is -0.0657. The van der Waals surface area contributed by atoms with Crippen LogP contribution >= 0.6 is 0 Å². The summed E-state index contributed by atoms with van der Waals surface area (Å²) >= 11 is 0. The van der Waals surface area contributed by atoms with Gasteiger partial charge in [-0.15, -0.1) is 0 Å². The fourth-order valence-corrected chi connectivity index (χ4v) is 3.90.